The summed E-state index contributed by atoms with van der Waals surface area (Å²) in [5, 5.41) is 0. The van der Waals surface area contributed by atoms with Crippen molar-refractivity contribution < 1.29 is 13.5 Å². The molecule has 1 aromatic rings. The smallest absolute Gasteiger partial charge is 0.123 e. The van der Waals surface area contributed by atoms with Gasteiger partial charge in [0.05, 0.1) is 13.2 Å². The second-order valence-electron chi connectivity index (χ2n) is 2.65. The fourth-order valence-electron chi connectivity index (χ4n) is 1.08. The Bertz CT molecular complexity index is 291. The molecular weight excluding hydrogens is 176 g/mol. The highest BCUT2D eigenvalue weighted by atomic mass is 19.1. The quantitative estimate of drug-likeness (QED) is 0.783. The third-order valence-corrected chi connectivity index (χ3v) is 1.76. The van der Waals surface area contributed by atoms with Crippen molar-refractivity contribution >= 4 is 0 Å². The number of rotatable bonds is 3. The van der Waals surface area contributed by atoms with Gasteiger partial charge in [-0.15, -0.1) is 0 Å². The molecule has 1 aromatic carbocycles. The summed E-state index contributed by atoms with van der Waals surface area (Å²) < 4.78 is 29.9. The van der Waals surface area contributed by atoms with Gasteiger partial charge in [0.15, 0.2) is 0 Å². The molecule has 13 heavy (non-hydrogen) atoms. The summed E-state index contributed by atoms with van der Waals surface area (Å²) >= 11 is 0. The number of methoxy groups -OCH3 is 1. The topological polar surface area (TPSA) is 35.2 Å². The summed E-state index contributed by atoms with van der Waals surface area (Å²) in [5.41, 5.74) is 5.77. The molecule has 0 unspecified atom stereocenters. The van der Waals surface area contributed by atoms with Gasteiger partial charge in [-0.05, 0) is 18.2 Å². The first-order chi connectivity index (χ1) is 6.19. The van der Waals surface area contributed by atoms with Crippen LogP contribution in [0, 0.1) is 5.82 Å². The van der Waals surface area contributed by atoms with E-state index < -0.39 is 18.5 Å². The minimum Gasteiger partial charge on any atom is -0.496 e. The first-order valence-electron chi connectivity index (χ1n) is 3.84. The number of hydrogen-bond donors (Lipinski definition) is 1. The van der Waals surface area contributed by atoms with E-state index in [9.17, 15) is 8.78 Å². The van der Waals surface area contributed by atoms with Crippen LogP contribution in [0.1, 0.15) is 11.6 Å². The third-order valence-electron chi connectivity index (χ3n) is 1.76. The molecule has 0 bridgehead atoms. The maximum absolute atomic E-state index is 12.7. The molecule has 0 fully saturated rings. The summed E-state index contributed by atoms with van der Waals surface area (Å²) in [6.45, 7) is -0.736. The molecule has 0 aliphatic rings. The second kappa shape index (κ2) is 4.18. The van der Waals surface area contributed by atoms with Crippen molar-refractivity contribution in [2.45, 2.75) is 6.04 Å². The summed E-state index contributed by atoms with van der Waals surface area (Å²) in [6, 6.07) is 3.03. The monoisotopic (exact) mass is 187 g/mol. The van der Waals surface area contributed by atoms with E-state index in [1.54, 1.807) is 0 Å². The number of benzene rings is 1. The largest absolute Gasteiger partial charge is 0.496 e. The van der Waals surface area contributed by atoms with Gasteiger partial charge in [0, 0.05) is 5.56 Å². The van der Waals surface area contributed by atoms with Crippen molar-refractivity contribution in [1.82, 2.24) is 0 Å². The maximum Gasteiger partial charge on any atom is 0.123 e. The Labute approximate surface area is 75.3 Å². The van der Waals surface area contributed by atoms with Crippen molar-refractivity contribution in [3.05, 3.63) is 29.6 Å². The number of hydrogen-bond acceptors (Lipinski definition) is 2. The SMILES string of the molecule is COc1ccc(F)cc1[C@@H](N)CF. The first kappa shape index (κ1) is 9.92. The van der Waals surface area contributed by atoms with Gasteiger partial charge in [0.2, 0.25) is 0 Å². The lowest BCUT2D eigenvalue weighted by Crippen LogP contribution is -2.13. The van der Waals surface area contributed by atoms with E-state index in [1.807, 2.05) is 0 Å². The van der Waals surface area contributed by atoms with Crippen LogP contribution in [0.3, 0.4) is 0 Å². The van der Waals surface area contributed by atoms with Crippen LogP contribution in [0.5, 0.6) is 5.75 Å². The molecule has 0 spiro atoms. The van der Waals surface area contributed by atoms with Gasteiger partial charge in [0.1, 0.15) is 18.2 Å². The van der Waals surface area contributed by atoms with E-state index in [2.05, 4.69) is 0 Å². The number of nitrogens with two attached hydrogens (primary N) is 1. The fourth-order valence-corrected chi connectivity index (χ4v) is 1.08. The minimum absolute atomic E-state index is 0.352. The minimum atomic E-state index is -0.828. The summed E-state index contributed by atoms with van der Waals surface area (Å²) in [5.74, 6) is -0.0359. The molecule has 0 aliphatic carbocycles. The van der Waals surface area contributed by atoms with Gasteiger partial charge >= 0.3 is 0 Å². The fraction of sp³-hybridized carbons (Fsp3) is 0.333. The maximum atomic E-state index is 12.7. The number of halogens is 2. The lowest BCUT2D eigenvalue weighted by molar-refractivity contribution is 0.387. The predicted octanol–water partition coefficient (Wildman–Crippen LogP) is 1.80. The van der Waals surface area contributed by atoms with E-state index in [-0.39, 0.29) is 0 Å². The molecule has 0 amide bonds. The molecule has 72 valence electrons. The average Bonchev–Trinajstić information content (AvgIpc) is 2.16. The molecule has 1 rings (SSSR count). The molecule has 0 heterocycles. The molecular formula is C9H11F2NO. The van der Waals surface area contributed by atoms with E-state index in [1.165, 1.54) is 25.3 Å². The Balaban J connectivity index is 3.07. The zero-order valence-corrected chi connectivity index (χ0v) is 7.26. The molecule has 0 saturated carbocycles. The molecule has 1 atom stereocenters. The normalized spacial score (nSPS) is 12.6. The number of alkyl halides is 1. The van der Waals surface area contributed by atoms with Crippen molar-refractivity contribution in [3.63, 3.8) is 0 Å². The van der Waals surface area contributed by atoms with Crippen molar-refractivity contribution in [3.8, 4) is 5.75 Å². The van der Waals surface area contributed by atoms with Crippen molar-refractivity contribution in [1.29, 1.82) is 0 Å². The zero-order valence-electron chi connectivity index (χ0n) is 7.26. The molecule has 0 saturated heterocycles. The Hall–Kier alpha value is -1.16. The van der Waals surface area contributed by atoms with Crippen molar-refractivity contribution in [2.75, 3.05) is 13.8 Å². The Morgan fingerprint density at radius 2 is 2.23 bits per heavy atom. The summed E-state index contributed by atoms with van der Waals surface area (Å²) in [6.07, 6.45) is 0. The van der Waals surface area contributed by atoms with Crippen LogP contribution < -0.4 is 10.5 Å². The highest BCUT2D eigenvalue weighted by Crippen LogP contribution is 2.24. The highest BCUT2D eigenvalue weighted by molar-refractivity contribution is 5.36. The van der Waals surface area contributed by atoms with Gasteiger partial charge in [-0.25, -0.2) is 8.78 Å². The lowest BCUT2D eigenvalue weighted by Gasteiger charge is -2.12. The second-order valence-corrected chi connectivity index (χ2v) is 2.65. The van der Waals surface area contributed by atoms with Crippen LogP contribution in [0.25, 0.3) is 0 Å². The van der Waals surface area contributed by atoms with Gasteiger partial charge in [0.25, 0.3) is 0 Å². The Morgan fingerprint density at radius 1 is 1.54 bits per heavy atom. The summed E-state index contributed by atoms with van der Waals surface area (Å²) in [7, 11) is 1.43. The molecule has 0 radical (unpaired) electrons. The zero-order chi connectivity index (χ0) is 9.84. The van der Waals surface area contributed by atoms with Crippen LogP contribution in [-0.4, -0.2) is 13.8 Å². The van der Waals surface area contributed by atoms with E-state index >= 15 is 0 Å². The Morgan fingerprint density at radius 3 is 2.77 bits per heavy atom. The third kappa shape index (κ3) is 2.15. The van der Waals surface area contributed by atoms with Crippen LogP contribution in [0.2, 0.25) is 0 Å². The predicted molar refractivity (Wildman–Crippen MR) is 45.9 cm³/mol. The summed E-state index contributed by atoms with van der Waals surface area (Å²) in [4.78, 5) is 0. The van der Waals surface area contributed by atoms with E-state index in [4.69, 9.17) is 10.5 Å². The standard InChI is InChI=1S/C9H11F2NO/c1-13-9-3-2-6(11)4-7(9)8(12)5-10/h2-4,8H,5,12H2,1H3/t8-/m0/s1. The molecule has 0 aromatic heterocycles. The van der Waals surface area contributed by atoms with Gasteiger partial charge in [-0.1, -0.05) is 0 Å². The van der Waals surface area contributed by atoms with Gasteiger partial charge < -0.3 is 10.5 Å². The molecule has 2 nitrogen and oxygen atoms in total. The van der Waals surface area contributed by atoms with Crippen LogP contribution in [0.15, 0.2) is 18.2 Å². The first-order valence-corrected chi connectivity index (χ1v) is 3.84. The molecule has 0 aliphatic heterocycles. The molecule has 4 heteroatoms. The lowest BCUT2D eigenvalue weighted by atomic mass is 10.1. The Kier molecular flexibility index (Phi) is 3.19. The van der Waals surface area contributed by atoms with E-state index in [0.29, 0.717) is 11.3 Å². The van der Waals surface area contributed by atoms with Gasteiger partial charge in [-0.2, -0.15) is 0 Å². The van der Waals surface area contributed by atoms with Crippen LogP contribution in [-0.2, 0) is 0 Å². The van der Waals surface area contributed by atoms with Crippen molar-refractivity contribution in [2.24, 2.45) is 5.73 Å². The molecule has 2 N–H and O–H groups in total. The van der Waals surface area contributed by atoms with Crippen LogP contribution in [0.4, 0.5) is 8.78 Å². The average molecular weight is 187 g/mol. The van der Waals surface area contributed by atoms with Gasteiger partial charge in [-0.3, -0.25) is 0 Å². The highest BCUT2D eigenvalue weighted by Gasteiger charge is 2.12. The van der Waals surface area contributed by atoms with E-state index in [0.717, 1.165) is 0 Å². The number of ether oxygens (including phenoxy) is 1. The van der Waals surface area contributed by atoms with Crippen LogP contribution >= 0.6 is 0 Å².